The van der Waals surface area contributed by atoms with Crippen molar-refractivity contribution < 1.29 is 14.3 Å². The zero-order chi connectivity index (χ0) is 17.4. The Balaban J connectivity index is 1.77. The maximum Gasteiger partial charge on any atom is 0.414 e. The van der Waals surface area contributed by atoms with Crippen molar-refractivity contribution in [3.05, 3.63) is 30.7 Å². The average molecular weight is 346 g/mol. The second-order valence-electron chi connectivity index (χ2n) is 6.18. The van der Waals surface area contributed by atoms with Crippen LogP contribution in [0, 0.1) is 6.92 Å². The summed E-state index contributed by atoms with van der Waals surface area (Å²) in [5, 5.41) is 3.02. The number of amides is 2. The number of hydrogen-bond acceptors (Lipinski definition) is 4. The summed E-state index contributed by atoms with van der Waals surface area (Å²) < 4.78 is 5.37. The maximum absolute atomic E-state index is 12.1. The number of rotatable bonds is 3. The van der Waals surface area contributed by atoms with E-state index in [0.29, 0.717) is 18.1 Å². The molecule has 6 nitrogen and oxygen atoms in total. The molecule has 1 radical (unpaired) electrons. The van der Waals surface area contributed by atoms with Crippen molar-refractivity contribution in [2.75, 3.05) is 22.9 Å². The highest BCUT2D eigenvalue weighted by Crippen LogP contribution is 2.35. The molecule has 1 fully saturated rings. The molecule has 1 N–H and O–H groups in total. The standard InChI is InChI=1S/C17H20N3O3S/c1-10-6-13-7-14(4-5-16(13)20(10)12(3)21)19-9-15(23-17(19)22)8-18-11(2)24/h4-5,7,10,15H,3,6,8-9H2,1-2H3,(H,18,24)/t10-,15+/m1/s1. The van der Waals surface area contributed by atoms with Gasteiger partial charge in [0.05, 0.1) is 18.1 Å². The van der Waals surface area contributed by atoms with Gasteiger partial charge in [0.1, 0.15) is 6.10 Å². The third-order valence-electron chi connectivity index (χ3n) is 4.31. The van der Waals surface area contributed by atoms with Gasteiger partial charge in [-0.05, 0) is 44.0 Å². The summed E-state index contributed by atoms with van der Waals surface area (Å²) in [6.07, 6.45) is 0.156. The number of carbonyl (C=O) groups is 2. The molecule has 24 heavy (non-hydrogen) atoms. The van der Waals surface area contributed by atoms with Gasteiger partial charge in [-0.15, -0.1) is 0 Å². The molecule has 0 spiro atoms. The van der Waals surface area contributed by atoms with Gasteiger partial charge in [-0.2, -0.15) is 0 Å². The van der Waals surface area contributed by atoms with Crippen molar-refractivity contribution in [1.82, 2.24) is 5.32 Å². The zero-order valence-corrected chi connectivity index (χ0v) is 14.6. The molecule has 127 valence electrons. The number of nitrogens with one attached hydrogen (secondary N) is 1. The van der Waals surface area contributed by atoms with Gasteiger partial charge in [-0.3, -0.25) is 9.69 Å². The van der Waals surface area contributed by atoms with E-state index in [-0.39, 0.29) is 24.1 Å². The molecule has 0 saturated carbocycles. The van der Waals surface area contributed by atoms with Crippen molar-refractivity contribution in [3.8, 4) is 0 Å². The van der Waals surface area contributed by atoms with Gasteiger partial charge in [-0.25, -0.2) is 4.79 Å². The van der Waals surface area contributed by atoms with Crippen LogP contribution in [0.5, 0.6) is 0 Å². The number of carbonyl (C=O) groups excluding carboxylic acids is 2. The minimum Gasteiger partial charge on any atom is -0.442 e. The molecule has 1 saturated heterocycles. The Bertz CT molecular complexity index is 706. The molecule has 7 heteroatoms. The number of thiocarbonyl (C=S) groups is 1. The van der Waals surface area contributed by atoms with Crippen LogP contribution < -0.4 is 15.1 Å². The Morgan fingerprint density at radius 3 is 2.92 bits per heavy atom. The van der Waals surface area contributed by atoms with Crippen LogP contribution >= 0.6 is 12.2 Å². The first-order valence-corrected chi connectivity index (χ1v) is 8.28. The highest BCUT2D eigenvalue weighted by Gasteiger charge is 2.34. The van der Waals surface area contributed by atoms with E-state index < -0.39 is 0 Å². The van der Waals surface area contributed by atoms with Crippen LogP contribution in [-0.4, -0.2) is 42.2 Å². The van der Waals surface area contributed by atoms with Gasteiger partial charge in [0, 0.05) is 24.3 Å². The fraction of sp³-hybridized carbons (Fsp3) is 0.412. The Hall–Kier alpha value is -2.15. The molecule has 2 amide bonds. The fourth-order valence-corrected chi connectivity index (χ4v) is 3.35. The first kappa shape index (κ1) is 16.7. The lowest BCUT2D eigenvalue weighted by Crippen LogP contribution is -2.33. The Morgan fingerprint density at radius 1 is 1.50 bits per heavy atom. The van der Waals surface area contributed by atoms with Gasteiger partial charge >= 0.3 is 6.09 Å². The molecule has 2 aliphatic heterocycles. The first-order chi connectivity index (χ1) is 11.4. The van der Waals surface area contributed by atoms with Crippen LogP contribution in [-0.2, 0) is 16.0 Å². The smallest absolute Gasteiger partial charge is 0.414 e. The molecule has 0 unspecified atom stereocenters. The zero-order valence-electron chi connectivity index (χ0n) is 13.7. The van der Waals surface area contributed by atoms with Gasteiger partial charge < -0.3 is 15.0 Å². The summed E-state index contributed by atoms with van der Waals surface area (Å²) in [5.41, 5.74) is 2.69. The molecule has 2 aliphatic rings. The maximum atomic E-state index is 12.1. The van der Waals surface area contributed by atoms with E-state index in [1.54, 1.807) is 16.7 Å². The van der Waals surface area contributed by atoms with E-state index in [4.69, 9.17) is 17.0 Å². The van der Waals surface area contributed by atoms with Crippen LogP contribution in [0.4, 0.5) is 16.2 Å². The van der Waals surface area contributed by atoms with E-state index in [1.165, 1.54) is 0 Å². The Labute approximate surface area is 146 Å². The number of cyclic esters (lactones) is 1. The van der Waals surface area contributed by atoms with Gasteiger partial charge in [0.15, 0.2) is 0 Å². The lowest BCUT2D eigenvalue weighted by Gasteiger charge is -2.21. The van der Waals surface area contributed by atoms with Crippen molar-refractivity contribution >= 4 is 40.6 Å². The topological polar surface area (TPSA) is 61.9 Å². The summed E-state index contributed by atoms with van der Waals surface area (Å²) in [4.78, 5) is 27.8. The number of fused-ring (bicyclic) bond motifs is 1. The summed E-state index contributed by atoms with van der Waals surface area (Å²) in [7, 11) is 0. The molecule has 2 heterocycles. The van der Waals surface area contributed by atoms with Gasteiger partial charge in [0.25, 0.3) is 0 Å². The van der Waals surface area contributed by atoms with Crippen molar-refractivity contribution in [2.45, 2.75) is 32.4 Å². The lowest BCUT2D eigenvalue weighted by atomic mass is 10.1. The summed E-state index contributed by atoms with van der Waals surface area (Å²) >= 11 is 4.98. The Morgan fingerprint density at radius 2 is 2.25 bits per heavy atom. The number of hydrogen-bond donors (Lipinski definition) is 1. The predicted molar refractivity (Wildman–Crippen MR) is 96.3 cm³/mol. The third kappa shape index (κ3) is 3.08. The fourth-order valence-electron chi connectivity index (χ4n) is 3.26. The van der Waals surface area contributed by atoms with E-state index in [1.807, 2.05) is 25.1 Å². The predicted octanol–water partition coefficient (Wildman–Crippen LogP) is 2.06. The number of benzene rings is 1. The largest absolute Gasteiger partial charge is 0.442 e. The summed E-state index contributed by atoms with van der Waals surface area (Å²) in [5.74, 6) is -0.212. The van der Waals surface area contributed by atoms with Crippen LogP contribution in [0.2, 0.25) is 0 Å². The van der Waals surface area contributed by atoms with Crippen molar-refractivity contribution in [1.29, 1.82) is 0 Å². The van der Waals surface area contributed by atoms with E-state index in [9.17, 15) is 9.59 Å². The quantitative estimate of drug-likeness (QED) is 0.849. The molecular weight excluding hydrogens is 326 g/mol. The highest BCUT2D eigenvalue weighted by molar-refractivity contribution is 7.80. The molecule has 1 aromatic rings. The minimum absolute atomic E-state index is 0.0771. The highest BCUT2D eigenvalue weighted by atomic mass is 32.1. The number of ether oxygens (including phenoxy) is 1. The second-order valence-corrected chi connectivity index (χ2v) is 6.80. The molecule has 1 aromatic carbocycles. The summed E-state index contributed by atoms with van der Waals surface area (Å²) in [6, 6.07) is 5.75. The molecule has 0 bridgehead atoms. The van der Waals surface area contributed by atoms with Gasteiger partial charge in [0.2, 0.25) is 5.91 Å². The molecular formula is C17H20N3O3S. The molecule has 0 aliphatic carbocycles. The van der Waals surface area contributed by atoms with Crippen molar-refractivity contribution in [2.24, 2.45) is 0 Å². The molecule has 3 rings (SSSR count). The van der Waals surface area contributed by atoms with Crippen LogP contribution in [0.25, 0.3) is 0 Å². The number of nitrogens with zero attached hydrogens (tertiary/aromatic N) is 2. The van der Waals surface area contributed by atoms with E-state index in [0.717, 1.165) is 23.4 Å². The SMILES string of the molecule is [CH2]C(=O)N1c2ccc(N3C[C@H](CNC(C)=S)OC3=O)cc2C[C@H]1C. The van der Waals surface area contributed by atoms with Gasteiger partial charge in [-0.1, -0.05) is 12.2 Å². The summed E-state index contributed by atoms with van der Waals surface area (Å²) in [6.45, 7) is 8.27. The van der Waals surface area contributed by atoms with Crippen LogP contribution in [0.3, 0.4) is 0 Å². The van der Waals surface area contributed by atoms with E-state index in [2.05, 4.69) is 12.2 Å². The Kier molecular flexibility index (Phi) is 4.45. The minimum atomic E-state index is -0.361. The van der Waals surface area contributed by atoms with Crippen molar-refractivity contribution in [3.63, 3.8) is 0 Å². The average Bonchev–Trinajstić information content (AvgIpc) is 3.03. The molecule has 2 atom stereocenters. The monoisotopic (exact) mass is 346 g/mol. The second kappa shape index (κ2) is 6.39. The van der Waals surface area contributed by atoms with E-state index >= 15 is 0 Å². The molecule has 0 aromatic heterocycles. The van der Waals surface area contributed by atoms with Crippen LogP contribution in [0.1, 0.15) is 19.4 Å². The lowest BCUT2D eigenvalue weighted by molar-refractivity contribution is -0.114. The number of anilines is 2. The first-order valence-electron chi connectivity index (χ1n) is 7.87. The normalized spacial score (nSPS) is 22.4. The van der Waals surface area contributed by atoms with Crippen LogP contribution in [0.15, 0.2) is 18.2 Å². The third-order valence-corrected chi connectivity index (χ3v) is 4.46.